The SMILES string of the molecule is CCCCCCCCCCCCCCOC(=O)CCCCCNC(=O)OCC(C)(C)C. The first kappa shape index (κ1) is 29.7. The Balaban J connectivity index is 3.29. The largest absolute Gasteiger partial charge is 0.466 e. The lowest BCUT2D eigenvalue weighted by atomic mass is 9.99. The molecule has 0 aliphatic heterocycles. The van der Waals surface area contributed by atoms with Gasteiger partial charge in [0.1, 0.15) is 0 Å². The summed E-state index contributed by atoms with van der Waals surface area (Å²) in [5.41, 5.74) is -0.0229. The molecule has 5 nitrogen and oxygen atoms in total. The molecule has 0 aromatic heterocycles. The van der Waals surface area contributed by atoms with Gasteiger partial charge in [-0.2, -0.15) is 0 Å². The van der Waals surface area contributed by atoms with Gasteiger partial charge in [0.15, 0.2) is 0 Å². The standard InChI is InChI=1S/C26H51NO4/c1-5-6-7-8-9-10-11-12-13-14-15-19-22-30-24(28)20-17-16-18-21-27-25(29)31-23-26(2,3)4/h5-23H2,1-4H3,(H,27,29). The molecule has 1 amide bonds. The Morgan fingerprint density at radius 3 is 1.74 bits per heavy atom. The van der Waals surface area contributed by atoms with E-state index in [1.807, 2.05) is 20.8 Å². The maximum absolute atomic E-state index is 11.8. The van der Waals surface area contributed by atoms with Crippen LogP contribution in [-0.2, 0) is 14.3 Å². The minimum absolute atomic E-state index is 0.0229. The molecule has 31 heavy (non-hydrogen) atoms. The molecule has 0 bridgehead atoms. The van der Waals surface area contributed by atoms with Gasteiger partial charge in [0.05, 0.1) is 13.2 Å². The highest BCUT2D eigenvalue weighted by Crippen LogP contribution is 2.13. The zero-order valence-electron chi connectivity index (χ0n) is 21.1. The molecule has 0 unspecified atom stereocenters. The fourth-order valence-corrected chi connectivity index (χ4v) is 3.30. The maximum Gasteiger partial charge on any atom is 0.407 e. The van der Waals surface area contributed by atoms with E-state index in [9.17, 15) is 9.59 Å². The topological polar surface area (TPSA) is 64.6 Å². The number of amides is 1. The van der Waals surface area contributed by atoms with Gasteiger partial charge >= 0.3 is 12.1 Å². The molecule has 0 spiro atoms. The van der Waals surface area contributed by atoms with Crippen LogP contribution in [0, 0.1) is 5.41 Å². The van der Waals surface area contributed by atoms with Crippen molar-refractivity contribution < 1.29 is 19.1 Å². The van der Waals surface area contributed by atoms with Crippen LogP contribution in [0.25, 0.3) is 0 Å². The van der Waals surface area contributed by atoms with Crippen molar-refractivity contribution in [1.82, 2.24) is 5.32 Å². The normalized spacial score (nSPS) is 11.4. The molecule has 0 saturated carbocycles. The van der Waals surface area contributed by atoms with Gasteiger partial charge in [-0.25, -0.2) is 4.79 Å². The number of carbonyl (C=O) groups is 2. The molecule has 0 aromatic rings. The van der Waals surface area contributed by atoms with Gasteiger partial charge in [-0.1, -0.05) is 105 Å². The molecule has 0 rings (SSSR count). The molecular formula is C26H51NO4. The summed E-state index contributed by atoms with van der Waals surface area (Å²) in [7, 11) is 0. The fourth-order valence-electron chi connectivity index (χ4n) is 3.30. The molecule has 184 valence electrons. The van der Waals surface area contributed by atoms with Gasteiger partial charge in [0.25, 0.3) is 0 Å². The lowest BCUT2D eigenvalue weighted by molar-refractivity contribution is -0.143. The molecule has 0 aromatic carbocycles. The zero-order chi connectivity index (χ0) is 23.2. The van der Waals surface area contributed by atoms with Gasteiger partial charge in [0, 0.05) is 13.0 Å². The predicted octanol–water partition coefficient (Wildman–Crippen LogP) is 7.56. The number of hydrogen-bond acceptors (Lipinski definition) is 4. The first-order valence-electron chi connectivity index (χ1n) is 12.9. The Morgan fingerprint density at radius 1 is 0.677 bits per heavy atom. The summed E-state index contributed by atoms with van der Waals surface area (Å²) in [6, 6.07) is 0. The van der Waals surface area contributed by atoms with Gasteiger partial charge in [-0.15, -0.1) is 0 Å². The minimum atomic E-state index is -0.364. The van der Waals surface area contributed by atoms with E-state index in [0.717, 1.165) is 32.1 Å². The van der Waals surface area contributed by atoms with Crippen molar-refractivity contribution in [2.45, 2.75) is 130 Å². The van der Waals surface area contributed by atoms with Crippen LogP contribution in [-0.4, -0.2) is 31.8 Å². The molecule has 0 radical (unpaired) electrons. The van der Waals surface area contributed by atoms with E-state index in [1.165, 1.54) is 64.2 Å². The third-order valence-corrected chi connectivity index (χ3v) is 5.22. The highest BCUT2D eigenvalue weighted by atomic mass is 16.5. The number of hydrogen-bond donors (Lipinski definition) is 1. The van der Waals surface area contributed by atoms with E-state index < -0.39 is 0 Å². The molecule has 0 aliphatic carbocycles. The second-order valence-electron chi connectivity index (χ2n) is 9.98. The van der Waals surface area contributed by atoms with Gasteiger partial charge < -0.3 is 14.8 Å². The molecule has 1 N–H and O–H groups in total. The Hall–Kier alpha value is -1.26. The van der Waals surface area contributed by atoms with E-state index in [0.29, 0.717) is 26.2 Å². The first-order chi connectivity index (χ1) is 14.8. The van der Waals surface area contributed by atoms with E-state index in [4.69, 9.17) is 9.47 Å². The lowest BCUT2D eigenvalue weighted by Crippen LogP contribution is -2.28. The van der Waals surface area contributed by atoms with Crippen LogP contribution in [0.5, 0.6) is 0 Å². The number of rotatable bonds is 20. The summed E-state index contributed by atoms with van der Waals surface area (Å²) < 4.78 is 10.5. The first-order valence-corrected chi connectivity index (χ1v) is 12.9. The number of alkyl carbamates (subject to hydrolysis) is 1. The Morgan fingerprint density at radius 2 is 1.19 bits per heavy atom. The number of nitrogens with one attached hydrogen (secondary N) is 1. The summed E-state index contributed by atoms with van der Waals surface area (Å²) >= 11 is 0. The van der Waals surface area contributed by atoms with Gasteiger partial charge in [-0.3, -0.25) is 4.79 Å². The lowest BCUT2D eigenvalue weighted by Gasteiger charge is -2.17. The second-order valence-corrected chi connectivity index (χ2v) is 9.98. The van der Waals surface area contributed by atoms with E-state index >= 15 is 0 Å². The minimum Gasteiger partial charge on any atom is -0.466 e. The van der Waals surface area contributed by atoms with Crippen molar-refractivity contribution in [2.75, 3.05) is 19.8 Å². The number of esters is 1. The van der Waals surface area contributed by atoms with Crippen molar-refractivity contribution in [3.8, 4) is 0 Å². The highest BCUT2D eigenvalue weighted by molar-refractivity contribution is 5.69. The highest BCUT2D eigenvalue weighted by Gasteiger charge is 2.13. The second kappa shape index (κ2) is 20.6. The average Bonchev–Trinajstić information content (AvgIpc) is 2.72. The number of ether oxygens (including phenoxy) is 2. The fraction of sp³-hybridized carbons (Fsp3) is 0.923. The summed E-state index contributed by atoms with van der Waals surface area (Å²) in [6.45, 7) is 9.88. The van der Waals surface area contributed by atoms with Gasteiger partial charge in [-0.05, 0) is 24.7 Å². The van der Waals surface area contributed by atoms with Crippen molar-refractivity contribution in [1.29, 1.82) is 0 Å². The van der Waals surface area contributed by atoms with E-state index in [2.05, 4.69) is 12.2 Å². The maximum atomic E-state index is 11.8. The summed E-state index contributed by atoms with van der Waals surface area (Å²) in [5.74, 6) is -0.0966. The van der Waals surface area contributed by atoms with Crippen LogP contribution < -0.4 is 5.32 Å². The Labute approximate surface area is 192 Å². The van der Waals surface area contributed by atoms with E-state index in [-0.39, 0.29) is 17.5 Å². The third-order valence-electron chi connectivity index (χ3n) is 5.22. The van der Waals surface area contributed by atoms with Crippen LogP contribution in [0.1, 0.15) is 130 Å². The molecule has 0 saturated heterocycles. The number of carbonyl (C=O) groups excluding carboxylic acids is 2. The number of unbranched alkanes of at least 4 members (excludes halogenated alkanes) is 13. The summed E-state index contributed by atoms with van der Waals surface area (Å²) in [5, 5.41) is 2.75. The monoisotopic (exact) mass is 441 g/mol. The van der Waals surface area contributed by atoms with Crippen LogP contribution in [0.2, 0.25) is 0 Å². The van der Waals surface area contributed by atoms with Crippen molar-refractivity contribution >= 4 is 12.1 Å². The van der Waals surface area contributed by atoms with Crippen LogP contribution >= 0.6 is 0 Å². The van der Waals surface area contributed by atoms with Crippen molar-refractivity contribution in [3.05, 3.63) is 0 Å². The Bertz CT molecular complexity index is 432. The molecular weight excluding hydrogens is 390 g/mol. The smallest absolute Gasteiger partial charge is 0.407 e. The van der Waals surface area contributed by atoms with Gasteiger partial charge in [0.2, 0.25) is 0 Å². The molecule has 0 aliphatic rings. The van der Waals surface area contributed by atoms with Crippen molar-refractivity contribution in [2.24, 2.45) is 5.41 Å². The van der Waals surface area contributed by atoms with Crippen LogP contribution in [0.3, 0.4) is 0 Å². The third kappa shape index (κ3) is 24.9. The van der Waals surface area contributed by atoms with Crippen molar-refractivity contribution in [3.63, 3.8) is 0 Å². The summed E-state index contributed by atoms with van der Waals surface area (Å²) in [6.07, 6.45) is 18.3. The summed E-state index contributed by atoms with van der Waals surface area (Å²) in [4.78, 5) is 23.3. The molecule has 0 atom stereocenters. The Kier molecular flexibility index (Phi) is 19.8. The van der Waals surface area contributed by atoms with Crippen LogP contribution in [0.4, 0.5) is 4.79 Å². The molecule has 0 heterocycles. The van der Waals surface area contributed by atoms with E-state index in [1.54, 1.807) is 0 Å². The molecule has 5 heteroatoms. The predicted molar refractivity (Wildman–Crippen MR) is 129 cm³/mol. The van der Waals surface area contributed by atoms with Crippen LogP contribution in [0.15, 0.2) is 0 Å². The molecule has 0 fully saturated rings. The zero-order valence-corrected chi connectivity index (χ0v) is 21.1. The quantitative estimate of drug-likeness (QED) is 0.156. The average molecular weight is 442 g/mol.